The molecule has 0 unspecified atom stereocenters. The van der Waals surface area contributed by atoms with E-state index in [4.69, 9.17) is 28.2 Å². The summed E-state index contributed by atoms with van der Waals surface area (Å²) in [6.07, 6.45) is 0. The number of amides is 1. The van der Waals surface area contributed by atoms with Gasteiger partial charge in [0.1, 0.15) is 4.34 Å². The number of piperazine rings is 1. The summed E-state index contributed by atoms with van der Waals surface area (Å²) in [6, 6.07) is 5.93. The summed E-state index contributed by atoms with van der Waals surface area (Å²) in [5.41, 5.74) is 4.10. The molecule has 154 valence electrons. The number of halogens is 2. The number of thiazole rings is 1. The Balaban J connectivity index is 1.29. The van der Waals surface area contributed by atoms with E-state index in [0.717, 1.165) is 43.4 Å². The van der Waals surface area contributed by atoms with Crippen molar-refractivity contribution in [3.63, 3.8) is 0 Å². The van der Waals surface area contributed by atoms with Crippen molar-refractivity contribution in [2.45, 2.75) is 13.8 Å². The number of nitrogens with one attached hydrogen (secondary N) is 1. The zero-order valence-corrected chi connectivity index (χ0v) is 19.4. The Labute approximate surface area is 188 Å². The molecule has 1 aromatic carbocycles. The zero-order valence-electron chi connectivity index (χ0n) is 16.3. The second-order valence-electron chi connectivity index (χ2n) is 7.20. The fourth-order valence-electron chi connectivity index (χ4n) is 3.46. The first-order chi connectivity index (χ1) is 13.9. The van der Waals surface area contributed by atoms with Crippen molar-refractivity contribution in [3.8, 4) is 0 Å². The fraction of sp³-hybridized carbons (Fsp3) is 0.400. The Kier molecular flexibility index (Phi) is 6.32. The molecule has 0 spiro atoms. The molecule has 0 aliphatic carbocycles. The number of anilines is 1. The van der Waals surface area contributed by atoms with Crippen molar-refractivity contribution in [1.29, 1.82) is 0 Å². The van der Waals surface area contributed by atoms with Crippen LogP contribution in [0.25, 0.3) is 10.2 Å². The van der Waals surface area contributed by atoms with Gasteiger partial charge in [0.05, 0.1) is 20.1 Å². The number of thiophene rings is 1. The van der Waals surface area contributed by atoms with Gasteiger partial charge in [-0.25, -0.2) is 4.98 Å². The molecule has 0 atom stereocenters. The molecule has 9 heteroatoms. The summed E-state index contributed by atoms with van der Waals surface area (Å²) < 4.78 is 2.25. The van der Waals surface area contributed by atoms with E-state index in [1.54, 1.807) is 17.4 Å². The Hall–Kier alpha value is -1.38. The van der Waals surface area contributed by atoms with Crippen LogP contribution >= 0.6 is 45.9 Å². The lowest BCUT2D eigenvalue weighted by Gasteiger charge is -2.34. The van der Waals surface area contributed by atoms with E-state index >= 15 is 0 Å². The van der Waals surface area contributed by atoms with Crippen LogP contribution < -0.4 is 10.2 Å². The molecule has 5 nitrogen and oxygen atoms in total. The highest BCUT2D eigenvalue weighted by molar-refractivity contribution is 7.22. The van der Waals surface area contributed by atoms with Gasteiger partial charge in [0.25, 0.3) is 5.91 Å². The SMILES string of the molecule is Cc1ccc(C)c2sc(N3CCN(CCNC(=O)c4cc(Cl)sc4Cl)CC3)nc12. The Morgan fingerprint density at radius 2 is 1.86 bits per heavy atom. The number of fused-ring (bicyclic) bond motifs is 1. The minimum atomic E-state index is -0.169. The summed E-state index contributed by atoms with van der Waals surface area (Å²) in [5.74, 6) is -0.169. The minimum absolute atomic E-state index is 0.169. The van der Waals surface area contributed by atoms with Gasteiger partial charge in [-0.2, -0.15) is 0 Å². The maximum Gasteiger partial charge on any atom is 0.253 e. The molecule has 1 N–H and O–H groups in total. The normalized spacial score (nSPS) is 15.2. The van der Waals surface area contributed by atoms with E-state index in [1.165, 1.54) is 27.2 Å². The predicted octanol–water partition coefficient (Wildman–Crippen LogP) is 4.83. The monoisotopic (exact) mass is 468 g/mol. The number of hydrogen-bond donors (Lipinski definition) is 1. The van der Waals surface area contributed by atoms with E-state index in [9.17, 15) is 4.79 Å². The number of hydrogen-bond acceptors (Lipinski definition) is 6. The van der Waals surface area contributed by atoms with Crippen LogP contribution in [0.15, 0.2) is 18.2 Å². The van der Waals surface area contributed by atoms with E-state index < -0.39 is 0 Å². The second kappa shape index (κ2) is 8.78. The topological polar surface area (TPSA) is 48.5 Å². The molecule has 29 heavy (non-hydrogen) atoms. The van der Waals surface area contributed by atoms with E-state index in [1.807, 2.05) is 0 Å². The molecule has 1 aliphatic rings. The largest absolute Gasteiger partial charge is 0.351 e. The zero-order chi connectivity index (χ0) is 20.5. The van der Waals surface area contributed by atoms with Crippen LogP contribution in [0.5, 0.6) is 0 Å². The Morgan fingerprint density at radius 1 is 1.14 bits per heavy atom. The third kappa shape index (κ3) is 4.54. The standard InChI is InChI=1S/C20H22Cl2N4OS2/c1-12-3-4-13(2)17-16(12)24-20(29-17)26-9-7-25(8-10-26)6-5-23-19(27)14-11-15(21)28-18(14)22/h3-4,11H,5-10H2,1-2H3,(H,23,27). The molecule has 1 saturated heterocycles. The highest BCUT2D eigenvalue weighted by Gasteiger charge is 2.21. The number of aromatic nitrogens is 1. The van der Waals surface area contributed by atoms with Crippen molar-refractivity contribution in [2.24, 2.45) is 0 Å². The quantitative estimate of drug-likeness (QED) is 0.582. The second-order valence-corrected chi connectivity index (χ2v) is 10.5. The van der Waals surface area contributed by atoms with Crippen LogP contribution in [0.4, 0.5) is 5.13 Å². The molecule has 1 fully saturated rings. The molecule has 2 aromatic heterocycles. The van der Waals surface area contributed by atoms with Crippen LogP contribution in [0.3, 0.4) is 0 Å². The summed E-state index contributed by atoms with van der Waals surface area (Å²) >= 11 is 14.9. The average molecular weight is 469 g/mol. The molecular weight excluding hydrogens is 447 g/mol. The van der Waals surface area contributed by atoms with Gasteiger partial charge >= 0.3 is 0 Å². The van der Waals surface area contributed by atoms with E-state index in [-0.39, 0.29) is 5.91 Å². The van der Waals surface area contributed by atoms with Crippen molar-refractivity contribution < 1.29 is 4.79 Å². The van der Waals surface area contributed by atoms with Gasteiger partial charge in [-0.15, -0.1) is 11.3 Å². The molecular formula is C20H22Cl2N4OS2. The third-order valence-electron chi connectivity index (χ3n) is 5.19. The lowest BCUT2D eigenvalue weighted by Crippen LogP contribution is -2.48. The summed E-state index contributed by atoms with van der Waals surface area (Å²) in [7, 11) is 0. The van der Waals surface area contributed by atoms with Gasteiger partial charge in [0.2, 0.25) is 0 Å². The highest BCUT2D eigenvalue weighted by Crippen LogP contribution is 2.33. The highest BCUT2D eigenvalue weighted by atomic mass is 35.5. The molecule has 0 bridgehead atoms. The van der Waals surface area contributed by atoms with Gasteiger partial charge in [-0.3, -0.25) is 9.69 Å². The summed E-state index contributed by atoms with van der Waals surface area (Å²) in [6.45, 7) is 9.45. The lowest BCUT2D eigenvalue weighted by molar-refractivity contribution is 0.0948. The predicted molar refractivity (Wildman–Crippen MR) is 124 cm³/mol. The van der Waals surface area contributed by atoms with E-state index in [2.05, 4.69) is 41.1 Å². The third-order valence-corrected chi connectivity index (χ3v) is 7.93. The van der Waals surface area contributed by atoms with Crippen molar-refractivity contribution in [3.05, 3.63) is 43.6 Å². The fourth-order valence-corrected chi connectivity index (χ4v) is 6.09. The molecule has 3 heterocycles. The molecule has 4 rings (SSSR count). The van der Waals surface area contributed by atoms with E-state index in [0.29, 0.717) is 20.8 Å². The van der Waals surface area contributed by atoms with Gasteiger partial charge in [0, 0.05) is 39.3 Å². The number of nitrogens with zero attached hydrogens (tertiary/aromatic N) is 3. The number of rotatable bonds is 5. The Bertz CT molecular complexity index is 1000. The number of carbonyl (C=O) groups excluding carboxylic acids is 1. The van der Waals surface area contributed by atoms with Crippen molar-refractivity contribution in [2.75, 3.05) is 44.2 Å². The maximum absolute atomic E-state index is 12.2. The summed E-state index contributed by atoms with van der Waals surface area (Å²) in [5, 5.41) is 4.04. The molecule has 3 aromatic rings. The number of benzene rings is 1. The van der Waals surface area contributed by atoms with Crippen LogP contribution in [0.2, 0.25) is 8.67 Å². The number of carbonyl (C=O) groups is 1. The first-order valence-corrected chi connectivity index (χ1v) is 11.9. The maximum atomic E-state index is 12.2. The first-order valence-electron chi connectivity index (χ1n) is 9.49. The van der Waals surface area contributed by atoms with Crippen LogP contribution in [0.1, 0.15) is 21.5 Å². The summed E-state index contributed by atoms with van der Waals surface area (Å²) in [4.78, 5) is 21.8. The van der Waals surface area contributed by atoms with Gasteiger partial charge < -0.3 is 10.2 Å². The van der Waals surface area contributed by atoms with Crippen LogP contribution in [0, 0.1) is 13.8 Å². The van der Waals surface area contributed by atoms with Gasteiger partial charge in [-0.1, -0.05) is 46.7 Å². The van der Waals surface area contributed by atoms with Crippen molar-refractivity contribution >= 4 is 67.1 Å². The molecule has 1 aliphatic heterocycles. The smallest absolute Gasteiger partial charge is 0.253 e. The van der Waals surface area contributed by atoms with Gasteiger partial charge in [-0.05, 0) is 31.0 Å². The first kappa shape index (κ1) is 20.9. The minimum Gasteiger partial charge on any atom is -0.351 e. The van der Waals surface area contributed by atoms with Crippen LogP contribution in [-0.4, -0.2) is 55.1 Å². The average Bonchev–Trinajstić information content (AvgIpc) is 3.29. The van der Waals surface area contributed by atoms with Crippen molar-refractivity contribution in [1.82, 2.24) is 15.2 Å². The number of aryl methyl sites for hydroxylation is 2. The molecule has 1 amide bonds. The van der Waals surface area contributed by atoms with Crippen LogP contribution in [-0.2, 0) is 0 Å². The Morgan fingerprint density at radius 3 is 2.52 bits per heavy atom. The van der Waals surface area contributed by atoms with Gasteiger partial charge in [0.15, 0.2) is 5.13 Å². The molecule has 0 saturated carbocycles. The lowest BCUT2D eigenvalue weighted by atomic mass is 10.1. The molecule has 0 radical (unpaired) electrons.